The zero-order chi connectivity index (χ0) is 12.0. The molecule has 0 radical (unpaired) electrons. The molecule has 1 heterocycles. The molecule has 3 nitrogen and oxygen atoms in total. The number of nitrogens with zero attached hydrogens (tertiary/aromatic N) is 1. The quantitative estimate of drug-likeness (QED) is 0.739. The molecule has 0 aromatic rings. The lowest BCUT2D eigenvalue weighted by Crippen LogP contribution is -2.58. The molecule has 1 atom stereocenters. The van der Waals surface area contributed by atoms with Crippen molar-refractivity contribution < 1.29 is 9.90 Å². The molecule has 2 aliphatic rings. The van der Waals surface area contributed by atoms with Gasteiger partial charge in [0.05, 0.1) is 5.60 Å². The average molecular weight is 225 g/mol. The van der Waals surface area contributed by atoms with Gasteiger partial charge < -0.3 is 10.0 Å². The fourth-order valence-electron chi connectivity index (χ4n) is 2.52. The van der Waals surface area contributed by atoms with E-state index in [2.05, 4.69) is 0 Å². The maximum absolute atomic E-state index is 12.1. The number of hydrogen-bond donors (Lipinski definition) is 1. The van der Waals surface area contributed by atoms with Crippen LogP contribution in [0.2, 0.25) is 0 Å². The zero-order valence-corrected chi connectivity index (χ0v) is 10.6. The number of aliphatic hydroxyl groups is 1. The Labute approximate surface area is 97.8 Å². The first-order valence-corrected chi connectivity index (χ1v) is 6.35. The number of rotatable bonds is 1. The van der Waals surface area contributed by atoms with Crippen molar-refractivity contribution in [3.63, 3.8) is 0 Å². The fraction of sp³-hybridized carbons (Fsp3) is 0.923. The maximum atomic E-state index is 12.1. The van der Waals surface area contributed by atoms with E-state index in [0.717, 1.165) is 12.8 Å². The van der Waals surface area contributed by atoms with Gasteiger partial charge in [-0.25, -0.2) is 0 Å². The smallest absolute Gasteiger partial charge is 0.225 e. The lowest BCUT2D eigenvalue weighted by atomic mass is 9.70. The highest BCUT2D eigenvalue weighted by atomic mass is 16.3. The first-order valence-electron chi connectivity index (χ1n) is 6.35. The van der Waals surface area contributed by atoms with E-state index in [-0.39, 0.29) is 11.3 Å². The number of likely N-dealkylation sites (tertiary alicyclic amines) is 1. The van der Waals surface area contributed by atoms with Gasteiger partial charge in [-0.1, -0.05) is 20.3 Å². The van der Waals surface area contributed by atoms with Crippen LogP contribution in [0.4, 0.5) is 0 Å². The molecule has 0 spiro atoms. The normalized spacial score (nSPS) is 34.6. The minimum Gasteiger partial charge on any atom is -0.389 e. The number of hydrogen-bond acceptors (Lipinski definition) is 2. The summed E-state index contributed by atoms with van der Waals surface area (Å²) in [7, 11) is 0. The summed E-state index contributed by atoms with van der Waals surface area (Å²) in [5, 5.41) is 10.3. The van der Waals surface area contributed by atoms with Crippen molar-refractivity contribution in [1.82, 2.24) is 4.90 Å². The van der Waals surface area contributed by atoms with E-state index in [4.69, 9.17) is 0 Å². The molecule has 16 heavy (non-hydrogen) atoms. The largest absolute Gasteiger partial charge is 0.389 e. The van der Waals surface area contributed by atoms with Crippen LogP contribution < -0.4 is 0 Å². The van der Waals surface area contributed by atoms with Crippen LogP contribution in [0, 0.1) is 11.3 Å². The summed E-state index contributed by atoms with van der Waals surface area (Å²) in [6.07, 6.45) is 4.02. The number of carbonyl (C=O) groups is 1. The van der Waals surface area contributed by atoms with E-state index in [9.17, 15) is 9.90 Å². The third kappa shape index (κ3) is 1.86. The molecular weight excluding hydrogens is 202 g/mol. The minimum atomic E-state index is -0.649. The van der Waals surface area contributed by atoms with Gasteiger partial charge >= 0.3 is 0 Å². The monoisotopic (exact) mass is 225 g/mol. The molecular formula is C13H23NO2. The number of carbonyl (C=O) groups excluding carboxylic acids is 1. The second kappa shape index (κ2) is 3.73. The van der Waals surface area contributed by atoms with E-state index >= 15 is 0 Å². The van der Waals surface area contributed by atoms with Gasteiger partial charge in [-0.05, 0) is 26.2 Å². The van der Waals surface area contributed by atoms with Crippen LogP contribution in [-0.2, 0) is 4.79 Å². The molecule has 0 aromatic heterocycles. The Balaban J connectivity index is 2.02. The molecule has 1 amide bonds. The predicted octanol–water partition coefficient (Wildman–Crippen LogP) is 1.80. The number of piperidine rings is 1. The highest BCUT2D eigenvalue weighted by Gasteiger charge is 2.46. The molecule has 92 valence electrons. The SMILES string of the molecule is CC1(C)CN(C(=O)C2CCC2)CC[C@]1(C)O. The standard InChI is InChI=1S/C13H23NO2/c1-12(2)9-14(8-7-13(12,3)16)11(15)10-5-4-6-10/h10,16H,4-9H2,1-3H3/t13-/m0/s1. The highest BCUT2D eigenvalue weighted by molar-refractivity contribution is 5.79. The molecule has 1 aliphatic carbocycles. The Hall–Kier alpha value is -0.570. The van der Waals surface area contributed by atoms with Crippen LogP contribution in [0.25, 0.3) is 0 Å². The van der Waals surface area contributed by atoms with Gasteiger partial charge in [0.15, 0.2) is 0 Å². The van der Waals surface area contributed by atoms with Crippen LogP contribution >= 0.6 is 0 Å². The number of amides is 1. The molecule has 2 rings (SSSR count). The molecule has 0 bridgehead atoms. The van der Waals surface area contributed by atoms with E-state index in [1.54, 1.807) is 0 Å². The van der Waals surface area contributed by atoms with Gasteiger partial charge in [0, 0.05) is 24.4 Å². The van der Waals surface area contributed by atoms with Crippen molar-refractivity contribution >= 4 is 5.91 Å². The Kier molecular flexibility index (Phi) is 2.77. The first-order chi connectivity index (χ1) is 7.33. The maximum Gasteiger partial charge on any atom is 0.225 e. The summed E-state index contributed by atoms with van der Waals surface area (Å²) in [6.45, 7) is 7.39. The molecule has 2 fully saturated rings. The molecule has 3 heteroatoms. The van der Waals surface area contributed by atoms with Crippen LogP contribution in [0.3, 0.4) is 0 Å². The molecule has 1 saturated heterocycles. The van der Waals surface area contributed by atoms with Crippen LogP contribution in [-0.4, -0.2) is 34.6 Å². The van der Waals surface area contributed by atoms with Crippen molar-refractivity contribution in [1.29, 1.82) is 0 Å². The summed E-state index contributed by atoms with van der Waals surface area (Å²) < 4.78 is 0. The Morgan fingerprint density at radius 3 is 2.38 bits per heavy atom. The van der Waals surface area contributed by atoms with Gasteiger partial charge in [-0.15, -0.1) is 0 Å². The van der Waals surface area contributed by atoms with Gasteiger partial charge in [0.2, 0.25) is 5.91 Å². The summed E-state index contributed by atoms with van der Waals surface area (Å²) in [5.41, 5.74) is -0.853. The zero-order valence-electron chi connectivity index (χ0n) is 10.6. The van der Waals surface area contributed by atoms with Crippen LogP contribution in [0.15, 0.2) is 0 Å². The summed E-state index contributed by atoms with van der Waals surface area (Å²) >= 11 is 0. The fourth-order valence-corrected chi connectivity index (χ4v) is 2.52. The van der Waals surface area contributed by atoms with Gasteiger partial charge in [0.25, 0.3) is 0 Å². The molecule has 0 unspecified atom stereocenters. The molecule has 1 N–H and O–H groups in total. The molecule has 0 aromatic carbocycles. The predicted molar refractivity (Wildman–Crippen MR) is 62.9 cm³/mol. The van der Waals surface area contributed by atoms with E-state index in [1.807, 2.05) is 25.7 Å². The van der Waals surface area contributed by atoms with E-state index in [0.29, 0.717) is 25.4 Å². The second-order valence-corrected chi connectivity index (χ2v) is 6.30. The van der Waals surface area contributed by atoms with Crippen LogP contribution in [0.5, 0.6) is 0 Å². The highest BCUT2D eigenvalue weighted by Crippen LogP contribution is 2.39. The van der Waals surface area contributed by atoms with Crippen LogP contribution in [0.1, 0.15) is 46.5 Å². The van der Waals surface area contributed by atoms with Crippen molar-refractivity contribution in [3.8, 4) is 0 Å². The summed E-state index contributed by atoms with van der Waals surface area (Å²) in [6, 6.07) is 0. The van der Waals surface area contributed by atoms with Crippen molar-refractivity contribution in [3.05, 3.63) is 0 Å². The van der Waals surface area contributed by atoms with Crippen molar-refractivity contribution in [2.45, 2.75) is 52.1 Å². The third-order valence-corrected chi connectivity index (χ3v) is 4.68. The molecule has 1 aliphatic heterocycles. The second-order valence-electron chi connectivity index (χ2n) is 6.30. The van der Waals surface area contributed by atoms with Crippen molar-refractivity contribution in [2.24, 2.45) is 11.3 Å². The third-order valence-electron chi connectivity index (χ3n) is 4.68. The lowest BCUT2D eigenvalue weighted by molar-refractivity contribution is -0.153. The van der Waals surface area contributed by atoms with Gasteiger partial charge in [-0.3, -0.25) is 4.79 Å². The Bertz CT molecular complexity index is 292. The molecule has 1 saturated carbocycles. The lowest BCUT2D eigenvalue weighted by Gasteiger charge is -2.49. The van der Waals surface area contributed by atoms with E-state index < -0.39 is 5.60 Å². The van der Waals surface area contributed by atoms with E-state index in [1.165, 1.54) is 6.42 Å². The van der Waals surface area contributed by atoms with Crippen molar-refractivity contribution in [2.75, 3.05) is 13.1 Å². The topological polar surface area (TPSA) is 40.5 Å². The minimum absolute atomic E-state index is 0.204. The summed E-state index contributed by atoms with van der Waals surface area (Å²) in [5.74, 6) is 0.591. The Morgan fingerprint density at radius 2 is 1.94 bits per heavy atom. The summed E-state index contributed by atoms with van der Waals surface area (Å²) in [4.78, 5) is 14.1. The Morgan fingerprint density at radius 1 is 1.31 bits per heavy atom. The average Bonchev–Trinajstić information content (AvgIpc) is 2.06. The first kappa shape index (κ1) is 11.9. The van der Waals surface area contributed by atoms with Gasteiger partial charge in [0.1, 0.15) is 0 Å². The van der Waals surface area contributed by atoms with Gasteiger partial charge in [-0.2, -0.15) is 0 Å².